The van der Waals surface area contributed by atoms with Gasteiger partial charge in [-0.3, -0.25) is 15.0 Å². The van der Waals surface area contributed by atoms with E-state index in [1.54, 1.807) is 12.1 Å². The molecule has 0 spiro atoms. The van der Waals surface area contributed by atoms with Crippen molar-refractivity contribution in [2.24, 2.45) is 0 Å². The van der Waals surface area contributed by atoms with Gasteiger partial charge in [0, 0.05) is 24.7 Å². The number of nitro benzene ring substituents is 1. The maximum absolute atomic E-state index is 11.1. The maximum Gasteiger partial charge on any atom is 0.292 e. The van der Waals surface area contributed by atoms with Gasteiger partial charge in [0.15, 0.2) is 0 Å². The van der Waals surface area contributed by atoms with Gasteiger partial charge in [-0.2, -0.15) is 0 Å². The molecule has 0 heterocycles. The monoisotopic (exact) mass is 279 g/mol. The van der Waals surface area contributed by atoms with Crippen LogP contribution in [-0.2, 0) is 6.54 Å². The molecular formula is C15H25N3O2. The third-order valence-corrected chi connectivity index (χ3v) is 3.99. The molecule has 0 radical (unpaired) electrons. The third kappa shape index (κ3) is 3.70. The van der Waals surface area contributed by atoms with E-state index in [1.807, 2.05) is 13.0 Å². The van der Waals surface area contributed by atoms with E-state index in [2.05, 4.69) is 38.0 Å². The van der Waals surface area contributed by atoms with Crippen molar-refractivity contribution in [3.63, 3.8) is 0 Å². The lowest BCUT2D eigenvalue weighted by atomic mass is 9.98. The second kappa shape index (κ2) is 6.70. The molecule has 112 valence electrons. The molecule has 0 amide bonds. The first-order chi connectivity index (χ1) is 9.33. The minimum Gasteiger partial charge on any atom is -0.380 e. The standard InChI is InChI=1S/C15H25N3O2/c1-6-15(3,4)17(5)11-12-9-8-10-13(18(19)20)14(12)16-7-2/h8-10,16H,6-7,11H2,1-5H3. The molecular weight excluding hydrogens is 254 g/mol. The van der Waals surface area contributed by atoms with Crippen molar-refractivity contribution in [2.75, 3.05) is 18.9 Å². The van der Waals surface area contributed by atoms with E-state index in [1.165, 1.54) is 0 Å². The van der Waals surface area contributed by atoms with Gasteiger partial charge in [-0.15, -0.1) is 0 Å². The first-order valence-corrected chi connectivity index (χ1v) is 7.04. The fraction of sp³-hybridized carbons (Fsp3) is 0.600. The zero-order valence-electron chi connectivity index (χ0n) is 13.1. The fourth-order valence-electron chi connectivity index (χ4n) is 1.99. The van der Waals surface area contributed by atoms with Crippen LogP contribution in [0.1, 0.15) is 39.7 Å². The molecule has 0 aliphatic rings. The predicted octanol–water partition coefficient (Wildman–Crippen LogP) is 3.65. The summed E-state index contributed by atoms with van der Waals surface area (Å²) < 4.78 is 0. The number of para-hydroxylation sites is 1. The molecule has 0 saturated carbocycles. The Kier molecular flexibility index (Phi) is 5.51. The molecule has 1 N–H and O–H groups in total. The summed E-state index contributed by atoms with van der Waals surface area (Å²) in [5.74, 6) is 0. The van der Waals surface area contributed by atoms with Gasteiger partial charge in [0.1, 0.15) is 5.69 Å². The third-order valence-electron chi connectivity index (χ3n) is 3.99. The molecule has 1 aromatic carbocycles. The van der Waals surface area contributed by atoms with Crippen molar-refractivity contribution in [1.82, 2.24) is 4.90 Å². The number of nitrogens with zero attached hydrogens (tertiary/aromatic N) is 2. The Morgan fingerprint density at radius 2 is 2.00 bits per heavy atom. The second-order valence-corrected chi connectivity index (χ2v) is 5.62. The van der Waals surface area contributed by atoms with Crippen LogP contribution in [0.3, 0.4) is 0 Å². The zero-order chi connectivity index (χ0) is 15.3. The van der Waals surface area contributed by atoms with Gasteiger partial charge in [-0.1, -0.05) is 19.1 Å². The van der Waals surface area contributed by atoms with Gasteiger partial charge in [0.25, 0.3) is 5.69 Å². The number of hydrogen-bond donors (Lipinski definition) is 1. The number of benzene rings is 1. The molecule has 0 atom stereocenters. The normalized spacial score (nSPS) is 11.7. The van der Waals surface area contributed by atoms with Crippen molar-refractivity contribution in [3.05, 3.63) is 33.9 Å². The maximum atomic E-state index is 11.1. The summed E-state index contributed by atoms with van der Waals surface area (Å²) in [5.41, 5.74) is 1.81. The first kappa shape index (κ1) is 16.4. The molecule has 1 aromatic rings. The van der Waals surface area contributed by atoms with Crippen LogP contribution < -0.4 is 5.32 Å². The summed E-state index contributed by atoms with van der Waals surface area (Å²) in [6.45, 7) is 9.80. The molecule has 5 nitrogen and oxygen atoms in total. The topological polar surface area (TPSA) is 58.4 Å². The molecule has 5 heteroatoms. The van der Waals surface area contributed by atoms with Crippen molar-refractivity contribution >= 4 is 11.4 Å². The molecule has 0 fully saturated rings. The van der Waals surface area contributed by atoms with Crippen LogP contribution in [0.15, 0.2) is 18.2 Å². The van der Waals surface area contributed by atoms with Crippen molar-refractivity contribution in [2.45, 2.75) is 46.2 Å². The number of hydrogen-bond acceptors (Lipinski definition) is 4. The lowest BCUT2D eigenvalue weighted by molar-refractivity contribution is -0.384. The number of nitro groups is 1. The van der Waals surface area contributed by atoms with Crippen molar-refractivity contribution < 1.29 is 4.92 Å². The molecule has 0 saturated heterocycles. The number of anilines is 1. The van der Waals surface area contributed by atoms with E-state index >= 15 is 0 Å². The highest BCUT2D eigenvalue weighted by atomic mass is 16.6. The van der Waals surface area contributed by atoms with Crippen LogP contribution in [0, 0.1) is 10.1 Å². The summed E-state index contributed by atoms with van der Waals surface area (Å²) in [6.07, 6.45) is 1.02. The van der Waals surface area contributed by atoms with Crippen LogP contribution >= 0.6 is 0 Å². The zero-order valence-corrected chi connectivity index (χ0v) is 13.1. The average Bonchev–Trinajstić information content (AvgIpc) is 2.40. The Bertz CT molecular complexity index is 472. The largest absolute Gasteiger partial charge is 0.380 e. The van der Waals surface area contributed by atoms with E-state index in [4.69, 9.17) is 0 Å². The lowest BCUT2D eigenvalue weighted by Crippen LogP contribution is -2.39. The summed E-state index contributed by atoms with van der Waals surface area (Å²) in [5, 5.41) is 14.3. The van der Waals surface area contributed by atoms with E-state index < -0.39 is 0 Å². The predicted molar refractivity (Wildman–Crippen MR) is 83.1 cm³/mol. The molecule has 20 heavy (non-hydrogen) atoms. The highest BCUT2D eigenvalue weighted by molar-refractivity contribution is 5.66. The molecule has 0 aliphatic carbocycles. The highest BCUT2D eigenvalue weighted by Crippen LogP contribution is 2.30. The summed E-state index contributed by atoms with van der Waals surface area (Å²) in [6, 6.07) is 5.25. The van der Waals surface area contributed by atoms with Crippen molar-refractivity contribution in [1.29, 1.82) is 0 Å². The van der Waals surface area contributed by atoms with Gasteiger partial charge in [0.05, 0.1) is 4.92 Å². The quantitative estimate of drug-likeness (QED) is 0.611. The smallest absolute Gasteiger partial charge is 0.292 e. The first-order valence-electron chi connectivity index (χ1n) is 7.04. The molecule has 0 aromatic heterocycles. The Balaban J connectivity index is 3.11. The van der Waals surface area contributed by atoms with Crippen molar-refractivity contribution in [3.8, 4) is 0 Å². The van der Waals surface area contributed by atoms with Crippen LogP contribution in [-0.4, -0.2) is 29.0 Å². The summed E-state index contributed by atoms with van der Waals surface area (Å²) >= 11 is 0. The van der Waals surface area contributed by atoms with Crippen LogP contribution in [0.25, 0.3) is 0 Å². The summed E-state index contributed by atoms with van der Waals surface area (Å²) in [4.78, 5) is 13.0. The molecule has 1 rings (SSSR count). The molecule has 0 aliphatic heterocycles. The van der Waals surface area contributed by atoms with Crippen LogP contribution in [0.5, 0.6) is 0 Å². The molecule has 0 unspecified atom stereocenters. The second-order valence-electron chi connectivity index (χ2n) is 5.62. The number of rotatable bonds is 7. The van der Waals surface area contributed by atoms with Gasteiger partial charge in [-0.25, -0.2) is 0 Å². The van der Waals surface area contributed by atoms with Gasteiger partial charge in [0.2, 0.25) is 0 Å². The Labute approximate surface area is 121 Å². The Morgan fingerprint density at radius 3 is 2.50 bits per heavy atom. The lowest BCUT2D eigenvalue weighted by Gasteiger charge is -2.35. The SMILES string of the molecule is CCNc1c(CN(C)C(C)(C)CC)cccc1[N+](=O)[O-]. The fourth-order valence-corrected chi connectivity index (χ4v) is 1.99. The van der Waals surface area contributed by atoms with Gasteiger partial charge < -0.3 is 5.32 Å². The minimum atomic E-state index is -0.327. The minimum absolute atomic E-state index is 0.0636. The van der Waals surface area contributed by atoms with Crippen LogP contribution in [0.4, 0.5) is 11.4 Å². The van der Waals surface area contributed by atoms with E-state index in [0.29, 0.717) is 18.8 Å². The molecule has 0 bridgehead atoms. The Hall–Kier alpha value is -1.62. The van der Waals surface area contributed by atoms with Gasteiger partial charge in [-0.05, 0) is 39.8 Å². The van der Waals surface area contributed by atoms with E-state index in [9.17, 15) is 10.1 Å². The number of nitrogens with one attached hydrogen (secondary N) is 1. The van der Waals surface area contributed by atoms with E-state index in [0.717, 1.165) is 12.0 Å². The highest BCUT2D eigenvalue weighted by Gasteiger charge is 2.24. The van der Waals surface area contributed by atoms with E-state index in [-0.39, 0.29) is 16.1 Å². The van der Waals surface area contributed by atoms with Crippen LogP contribution in [0.2, 0.25) is 0 Å². The average molecular weight is 279 g/mol. The Morgan fingerprint density at radius 1 is 1.35 bits per heavy atom. The van der Waals surface area contributed by atoms with Gasteiger partial charge >= 0.3 is 0 Å². The summed E-state index contributed by atoms with van der Waals surface area (Å²) in [7, 11) is 2.05.